The maximum absolute atomic E-state index is 12.6. The number of nitrogens with zero attached hydrogens (tertiary/aromatic N) is 5. The molecule has 2 heterocycles. The van der Waals surface area contributed by atoms with E-state index in [1.54, 1.807) is 6.92 Å². The van der Waals surface area contributed by atoms with E-state index < -0.39 is 6.43 Å². The molecule has 0 N–H and O–H groups in total. The van der Waals surface area contributed by atoms with Gasteiger partial charge in [0.2, 0.25) is 0 Å². The van der Waals surface area contributed by atoms with Crippen molar-refractivity contribution in [3.8, 4) is 0 Å². The van der Waals surface area contributed by atoms with Crippen LogP contribution >= 0.6 is 11.3 Å². The minimum absolute atomic E-state index is 0.187. The van der Waals surface area contributed by atoms with Gasteiger partial charge in [-0.1, -0.05) is 11.3 Å². The number of hydrogen-bond acceptors (Lipinski definition) is 5. The van der Waals surface area contributed by atoms with E-state index in [4.69, 9.17) is 0 Å². The van der Waals surface area contributed by atoms with Crippen LogP contribution in [0.1, 0.15) is 28.1 Å². The number of rotatable bonds is 3. The first-order chi connectivity index (χ1) is 7.56. The third kappa shape index (κ3) is 2.21. The molecule has 0 aliphatic carbocycles. The molecule has 2 rings (SSSR count). The Hall–Kier alpha value is -1.44. The first-order valence-electron chi connectivity index (χ1n) is 4.54. The molecule has 0 unspecified atom stereocenters. The Morgan fingerprint density at radius 3 is 2.62 bits per heavy atom. The molecule has 0 aliphatic rings. The Bertz CT molecular complexity index is 492. The summed E-state index contributed by atoms with van der Waals surface area (Å²) in [4.78, 5) is 3.67. The fraction of sp³-hybridized carbons (Fsp3) is 0.500. The highest BCUT2D eigenvalue weighted by atomic mass is 32.1. The fourth-order valence-corrected chi connectivity index (χ4v) is 1.97. The standard InChI is InChI=1S/C8H9F2N5S/c1-4-11-8(7(9)10)15(14-4)3-6-13-12-5(2)16-6/h7H,3H2,1-2H3. The van der Waals surface area contributed by atoms with E-state index in [0.29, 0.717) is 10.8 Å². The normalized spacial score (nSPS) is 11.3. The average molecular weight is 245 g/mol. The molecule has 2 aromatic rings. The van der Waals surface area contributed by atoms with Gasteiger partial charge in [0.05, 0.1) is 6.54 Å². The number of aromatic nitrogens is 5. The fourth-order valence-electron chi connectivity index (χ4n) is 1.28. The molecule has 0 saturated heterocycles. The molecule has 8 heteroatoms. The van der Waals surface area contributed by atoms with Crippen LogP contribution in [0.4, 0.5) is 8.78 Å². The van der Waals surface area contributed by atoms with E-state index in [9.17, 15) is 8.78 Å². The predicted octanol–water partition coefficient (Wildman–Crippen LogP) is 1.73. The highest BCUT2D eigenvalue weighted by Crippen LogP contribution is 2.18. The van der Waals surface area contributed by atoms with Crippen LogP contribution in [0.2, 0.25) is 0 Å². The summed E-state index contributed by atoms with van der Waals surface area (Å²) < 4.78 is 26.4. The summed E-state index contributed by atoms with van der Waals surface area (Å²) in [6.45, 7) is 3.57. The largest absolute Gasteiger partial charge is 0.297 e. The van der Waals surface area contributed by atoms with Crippen LogP contribution in [0.15, 0.2) is 0 Å². The average Bonchev–Trinajstić information content (AvgIpc) is 2.74. The quantitative estimate of drug-likeness (QED) is 0.826. The lowest BCUT2D eigenvalue weighted by atomic mass is 10.6. The van der Waals surface area contributed by atoms with Crippen LogP contribution in [0.5, 0.6) is 0 Å². The molecule has 0 radical (unpaired) electrons. The van der Waals surface area contributed by atoms with Crippen LogP contribution in [0, 0.1) is 13.8 Å². The molecule has 2 aromatic heterocycles. The second kappa shape index (κ2) is 4.20. The van der Waals surface area contributed by atoms with Crippen molar-refractivity contribution in [2.75, 3.05) is 0 Å². The highest BCUT2D eigenvalue weighted by Gasteiger charge is 2.18. The summed E-state index contributed by atoms with van der Waals surface area (Å²) in [6, 6.07) is 0. The lowest BCUT2D eigenvalue weighted by molar-refractivity contribution is 0.134. The first-order valence-corrected chi connectivity index (χ1v) is 5.36. The molecule has 0 aromatic carbocycles. The van der Waals surface area contributed by atoms with E-state index in [1.807, 2.05) is 6.92 Å². The van der Waals surface area contributed by atoms with Gasteiger partial charge in [-0.25, -0.2) is 18.4 Å². The van der Waals surface area contributed by atoms with Crippen molar-refractivity contribution in [1.82, 2.24) is 25.0 Å². The molecule has 5 nitrogen and oxygen atoms in total. The zero-order valence-corrected chi connectivity index (χ0v) is 9.50. The van der Waals surface area contributed by atoms with Gasteiger partial charge in [0, 0.05) is 0 Å². The van der Waals surface area contributed by atoms with E-state index in [2.05, 4.69) is 20.3 Å². The van der Waals surface area contributed by atoms with Gasteiger partial charge in [-0.3, -0.25) is 0 Å². The van der Waals surface area contributed by atoms with Crippen molar-refractivity contribution in [3.63, 3.8) is 0 Å². The van der Waals surface area contributed by atoms with Crippen molar-refractivity contribution in [2.45, 2.75) is 26.8 Å². The molecule has 0 spiro atoms. The Morgan fingerprint density at radius 2 is 2.06 bits per heavy atom. The summed E-state index contributed by atoms with van der Waals surface area (Å²) in [5.74, 6) is 0.00175. The molecule has 0 aliphatic heterocycles. The van der Waals surface area contributed by atoms with Crippen LogP contribution in [-0.4, -0.2) is 25.0 Å². The number of halogens is 2. The van der Waals surface area contributed by atoms with Crippen LogP contribution in [0.25, 0.3) is 0 Å². The molecule has 0 saturated carbocycles. The van der Waals surface area contributed by atoms with E-state index in [1.165, 1.54) is 16.0 Å². The number of hydrogen-bond donors (Lipinski definition) is 0. The molecule has 86 valence electrons. The number of alkyl halides is 2. The molecule has 0 amide bonds. The van der Waals surface area contributed by atoms with Gasteiger partial charge in [0.15, 0.2) is 5.82 Å². The second-order valence-electron chi connectivity index (χ2n) is 3.19. The highest BCUT2D eigenvalue weighted by molar-refractivity contribution is 7.11. The van der Waals surface area contributed by atoms with Crippen LogP contribution < -0.4 is 0 Å². The zero-order chi connectivity index (χ0) is 11.7. The molecule has 0 atom stereocenters. The van der Waals surface area contributed by atoms with E-state index in [0.717, 1.165) is 5.01 Å². The summed E-state index contributed by atoms with van der Waals surface area (Å²) in [6.07, 6.45) is -2.63. The van der Waals surface area contributed by atoms with Gasteiger partial charge >= 0.3 is 0 Å². The monoisotopic (exact) mass is 245 g/mol. The first kappa shape index (κ1) is 11.1. The molecule has 0 bridgehead atoms. The minimum Gasteiger partial charge on any atom is -0.238 e. The summed E-state index contributed by atoms with van der Waals surface area (Å²) in [5.41, 5.74) is 0. The van der Waals surface area contributed by atoms with Gasteiger partial charge in [-0.05, 0) is 13.8 Å². The van der Waals surface area contributed by atoms with Crippen LogP contribution in [0.3, 0.4) is 0 Å². The van der Waals surface area contributed by atoms with Gasteiger partial charge in [-0.15, -0.1) is 10.2 Å². The maximum Gasteiger partial charge on any atom is 0.297 e. The van der Waals surface area contributed by atoms with Crippen molar-refractivity contribution >= 4 is 11.3 Å². The third-order valence-electron chi connectivity index (χ3n) is 1.85. The Labute approximate surface area is 94.2 Å². The molecule has 0 fully saturated rings. The summed E-state index contributed by atoms with van der Waals surface area (Å²) in [7, 11) is 0. The summed E-state index contributed by atoms with van der Waals surface area (Å²) >= 11 is 1.36. The van der Waals surface area contributed by atoms with Gasteiger partial charge in [0.1, 0.15) is 15.8 Å². The predicted molar refractivity (Wildman–Crippen MR) is 53.5 cm³/mol. The second-order valence-corrected chi connectivity index (χ2v) is 4.46. The Balaban J connectivity index is 2.27. The smallest absolute Gasteiger partial charge is 0.238 e. The van der Waals surface area contributed by atoms with Gasteiger partial charge < -0.3 is 0 Å². The van der Waals surface area contributed by atoms with E-state index in [-0.39, 0.29) is 12.4 Å². The molecular weight excluding hydrogens is 236 g/mol. The van der Waals surface area contributed by atoms with Crippen molar-refractivity contribution < 1.29 is 8.78 Å². The molecule has 16 heavy (non-hydrogen) atoms. The lowest BCUT2D eigenvalue weighted by Gasteiger charge is -2.01. The van der Waals surface area contributed by atoms with Crippen LogP contribution in [-0.2, 0) is 6.54 Å². The SMILES string of the molecule is Cc1nc(C(F)F)n(Cc2nnc(C)s2)n1. The zero-order valence-electron chi connectivity index (χ0n) is 8.68. The maximum atomic E-state index is 12.6. The minimum atomic E-state index is -2.63. The van der Waals surface area contributed by atoms with Crippen molar-refractivity contribution in [2.24, 2.45) is 0 Å². The lowest BCUT2D eigenvalue weighted by Crippen LogP contribution is -2.07. The van der Waals surface area contributed by atoms with Gasteiger partial charge in [-0.2, -0.15) is 5.10 Å². The number of aryl methyl sites for hydroxylation is 2. The van der Waals surface area contributed by atoms with Gasteiger partial charge in [0.25, 0.3) is 6.43 Å². The Morgan fingerprint density at radius 1 is 1.31 bits per heavy atom. The molecular formula is C8H9F2N5S. The third-order valence-corrected chi connectivity index (χ3v) is 2.68. The van der Waals surface area contributed by atoms with Crippen molar-refractivity contribution in [3.05, 3.63) is 21.7 Å². The Kier molecular flexibility index (Phi) is 2.90. The summed E-state index contributed by atoms with van der Waals surface area (Å²) in [5, 5.41) is 13.0. The van der Waals surface area contributed by atoms with Crippen molar-refractivity contribution in [1.29, 1.82) is 0 Å². The van der Waals surface area contributed by atoms with E-state index >= 15 is 0 Å². The topological polar surface area (TPSA) is 56.5 Å².